The first-order valence-electron chi connectivity index (χ1n) is 4.81. The number of benzene rings is 1. The second kappa shape index (κ2) is 3.38. The first kappa shape index (κ1) is 8.57. The van der Waals surface area contributed by atoms with Crippen LogP contribution in [-0.4, -0.2) is 11.1 Å². The van der Waals surface area contributed by atoms with Gasteiger partial charge in [0.25, 0.3) is 0 Å². The maximum absolute atomic E-state index is 9.62. The van der Waals surface area contributed by atoms with Crippen molar-refractivity contribution in [2.75, 3.05) is 0 Å². The van der Waals surface area contributed by atoms with Crippen LogP contribution in [-0.2, 0) is 0 Å². The van der Waals surface area contributed by atoms with Gasteiger partial charge in [0.2, 0.25) is 0 Å². The highest BCUT2D eigenvalue weighted by Gasteiger charge is 2.24. The van der Waals surface area contributed by atoms with Crippen LogP contribution in [0.4, 0.5) is 0 Å². The van der Waals surface area contributed by atoms with Gasteiger partial charge in [0.15, 0.2) is 0 Å². The minimum atomic E-state index is 0.324. The van der Waals surface area contributed by atoms with Crippen LogP contribution >= 0.6 is 0 Å². The molecule has 0 aromatic heterocycles. The molecule has 2 heteroatoms. The van der Waals surface area contributed by atoms with Gasteiger partial charge in [0, 0.05) is 6.04 Å². The van der Waals surface area contributed by atoms with Crippen molar-refractivity contribution in [1.29, 1.82) is 0 Å². The van der Waals surface area contributed by atoms with Crippen LogP contribution in [0.15, 0.2) is 24.3 Å². The second-order valence-electron chi connectivity index (χ2n) is 3.83. The number of rotatable bonds is 1. The third kappa shape index (κ3) is 1.68. The SMILES string of the molecule is NC1CCC(c2ccccc2O)C1. The highest BCUT2D eigenvalue weighted by Crippen LogP contribution is 2.37. The van der Waals surface area contributed by atoms with E-state index in [1.807, 2.05) is 18.2 Å². The van der Waals surface area contributed by atoms with Gasteiger partial charge in [-0.15, -0.1) is 0 Å². The van der Waals surface area contributed by atoms with Crippen LogP contribution in [0.25, 0.3) is 0 Å². The molecule has 2 rings (SSSR count). The number of aromatic hydroxyl groups is 1. The number of hydrogen-bond donors (Lipinski definition) is 2. The molecule has 0 heterocycles. The molecule has 0 spiro atoms. The van der Waals surface area contributed by atoms with Crippen molar-refractivity contribution >= 4 is 0 Å². The molecule has 2 unspecified atom stereocenters. The molecule has 2 nitrogen and oxygen atoms in total. The van der Waals surface area contributed by atoms with E-state index < -0.39 is 0 Å². The summed E-state index contributed by atoms with van der Waals surface area (Å²) in [4.78, 5) is 0. The summed E-state index contributed by atoms with van der Waals surface area (Å²) in [6, 6.07) is 7.90. The average molecular weight is 177 g/mol. The van der Waals surface area contributed by atoms with Crippen molar-refractivity contribution < 1.29 is 5.11 Å². The highest BCUT2D eigenvalue weighted by molar-refractivity contribution is 5.35. The lowest BCUT2D eigenvalue weighted by Crippen LogP contribution is -2.14. The van der Waals surface area contributed by atoms with Gasteiger partial charge < -0.3 is 10.8 Å². The summed E-state index contributed by atoms with van der Waals surface area (Å²) < 4.78 is 0. The predicted octanol–water partition coefficient (Wildman–Crippen LogP) is 1.99. The van der Waals surface area contributed by atoms with E-state index >= 15 is 0 Å². The maximum atomic E-state index is 9.62. The maximum Gasteiger partial charge on any atom is 0.119 e. The van der Waals surface area contributed by atoms with Crippen molar-refractivity contribution in [3.05, 3.63) is 29.8 Å². The van der Waals surface area contributed by atoms with Crippen LogP contribution in [0.1, 0.15) is 30.7 Å². The molecule has 1 fully saturated rings. The largest absolute Gasteiger partial charge is 0.508 e. The molecular formula is C11H15NO. The molecule has 0 aliphatic heterocycles. The Morgan fingerprint density at radius 1 is 1.23 bits per heavy atom. The summed E-state index contributed by atoms with van der Waals surface area (Å²) in [5, 5.41) is 9.62. The number of nitrogens with two attached hydrogens (primary N) is 1. The van der Waals surface area contributed by atoms with E-state index in [0.717, 1.165) is 24.8 Å². The molecule has 70 valence electrons. The van der Waals surface area contributed by atoms with Gasteiger partial charge in [-0.1, -0.05) is 18.2 Å². The Bertz CT molecular complexity index is 298. The van der Waals surface area contributed by atoms with Crippen LogP contribution in [0, 0.1) is 0 Å². The van der Waals surface area contributed by atoms with Crippen LogP contribution in [0.2, 0.25) is 0 Å². The molecule has 0 saturated heterocycles. The summed E-state index contributed by atoms with van der Waals surface area (Å²) in [6.45, 7) is 0. The van der Waals surface area contributed by atoms with Gasteiger partial charge in [0.05, 0.1) is 0 Å². The zero-order valence-corrected chi connectivity index (χ0v) is 7.61. The summed E-state index contributed by atoms with van der Waals surface area (Å²) in [5.74, 6) is 0.887. The third-order valence-corrected chi connectivity index (χ3v) is 2.85. The molecule has 13 heavy (non-hydrogen) atoms. The predicted molar refractivity (Wildman–Crippen MR) is 52.7 cm³/mol. The Morgan fingerprint density at radius 3 is 2.62 bits per heavy atom. The highest BCUT2D eigenvalue weighted by atomic mass is 16.3. The normalized spacial score (nSPS) is 27.8. The zero-order valence-electron chi connectivity index (χ0n) is 7.61. The van der Waals surface area contributed by atoms with Crippen molar-refractivity contribution in [2.45, 2.75) is 31.2 Å². The first-order chi connectivity index (χ1) is 6.27. The van der Waals surface area contributed by atoms with E-state index in [1.165, 1.54) is 0 Å². The fourth-order valence-corrected chi connectivity index (χ4v) is 2.13. The lowest BCUT2D eigenvalue weighted by Gasteiger charge is -2.11. The first-order valence-corrected chi connectivity index (χ1v) is 4.81. The molecule has 3 N–H and O–H groups in total. The van der Waals surface area contributed by atoms with E-state index in [0.29, 0.717) is 17.7 Å². The molecule has 2 atom stereocenters. The molecule has 0 radical (unpaired) electrons. The van der Waals surface area contributed by atoms with Crippen molar-refractivity contribution in [3.63, 3.8) is 0 Å². The Morgan fingerprint density at radius 2 is 2.00 bits per heavy atom. The summed E-state index contributed by atoms with van der Waals surface area (Å²) >= 11 is 0. The molecule has 0 bridgehead atoms. The van der Waals surface area contributed by atoms with E-state index in [9.17, 15) is 5.11 Å². The molecule has 0 amide bonds. The molecule has 1 aromatic carbocycles. The zero-order chi connectivity index (χ0) is 9.26. The quantitative estimate of drug-likeness (QED) is 0.689. The summed E-state index contributed by atoms with van der Waals surface area (Å²) in [6.07, 6.45) is 3.20. The Labute approximate surface area is 78.4 Å². The standard InChI is InChI=1S/C11H15NO/c12-9-6-5-8(7-9)10-3-1-2-4-11(10)13/h1-4,8-9,13H,5-7,12H2. The third-order valence-electron chi connectivity index (χ3n) is 2.85. The van der Waals surface area contributed by atoms with E-state index in [4.69, 9.17) is 5.73 Å². The number of hydrogen-bond acceptors (Lipinski definition) is 2. The van der Waals surface area contributed by atoms with Gasteiger partial charge in [-0.3, -0.25) is 0 Å². The molecule has 1 saturated carbocycles. The second-order valence-corrected chi connectivity index (χ2v) is 3.83. The molecular weight excluding hydrogens is 162 g/mol. The average Bonchev–Trinajstić information content (AvgIpc) is 2.53. The summed E-state index contributed by atoms with van der Waals surface area (Å²) in [7, 11) is 0. The van der Waals surface area contributed by atoms with Crippen molar-refractivity contribution in [2.24, 2.45) is 5.73 Å². The number of para-hydroxylation sites is 1. The molecule has 1 aromatic rings. The number of phenols is 1. The van der Waals surface area contributed by atoms with Crippen LogP contribution in [0.5, 0.6) is 5.75 Å². The molecule has 1 aliphatic rings. The molecule has 1 aliphatic carbocycles. The smallest absolute Gasteiger partial charge is 0.119 e. The minimum Gasteiger partial charge on any atom is -0.508 e. The van der Waals surface area contributed by atoms with Gasteiger partial charge in [0.1, 0.15) is 5.75 Å². The van der Waals surface area contributed by atoms with Gasteiger partial charge in [-0.05, 0) is 36.8 Å². The van der Waals surface area contributed by atoms with E-state index in [2.05, 4.69) is 0 Å². The number of phenolic OH excluding ortho intramolecular Hbond substituents is 1. The lowest BCUT2D eigenvalue weighted by molar-refractivity contribution is 0.460. The Kier molecular flexibility index (Phi) is 2.23. The fourth-order valence-electron chi connectivity index (χ4n) is 2.13. The van der Waals surface area contributed by atoms with Crippen molar-refractivity contribution in [1.82, 2.24) is 0 Å². The topological polar surface area (TPSA) is 46.2 Å². The Balaban J connectivity index is 2.21. The van der Waals surface area contributed by atoms with Crippen LogP contribution in [0.3, 0.4) is 0 Å². The monoisotopic (exact) mass is 177 g/mol. The Hall–Kier alpha value is -1.02. The van der Waals surface area contributed by atoms with Gasteiger partial charge in [-0.2, -0.15) is 0 Å². The fraction of sp³-hybridized carbons (Fsp3) is 0.455. The van der Waals surface area contributed by atoms with E-state index in [-0.39, 0.29) is 0 Å². The van der Waals surface area contributed by atoms with Crippen molar-refractivity contribution in [3.8, 4) is 5.75 Å². The minimum absolute atomic E-state index is 0.324. The lowest BCUT2D eigenvalue weighted by atomic mass is 9.97. The van der Waals surface area contributed by atoms with E-state index in [1.54, 1.807) is 6.07 Å². The van der Waals surface area contributed by atoms with Gasteiger partial charge >= 0.3 is 0 Å². The van der Waals surface area contributed by atoms with Crippen LogP contribution < -0.4 is 5.73 Å². The van der Waals surface area contributed by atoms with Gasteiger partial charge in [-0.25, -0.2) is 0 Å². The summed E-state index contributed by atoms with van der Waals surface area (Å²) in [5.41, 5.74) is 6.90.